The molecule has 0 radical (unpaired) electrons. The van der Waals surface area contributed by atoms with Gasteiger partial charge < -0.3 is 15.4 Å². The Morgan fingerprint density at radius 2 is 2.05 bits per heavy atom. The first-order valence-electron chi connectivity index (χ1n) is 6.86. The summed E-state index contributed by atoms with van der Waals surface area (Å²) in [5.74, 6) is 0.828. The first-order valence-corrected chi connectivity index (χ1v) is 7.27. The monoisotopic (exact) mass is 304 g/mol. The molecule has 6 heteroatoms. The third-order valence-corrected chi connectivity index (χ3v) is 3.36. The van der Waals surface area contributed by atoms with Gasteiger partial charge in [-0.3, -0.25) is 4.68 Å². The topological polar surface area (TPSA) is 51.1 Å². The zero-order valence-corrected chi connectivity index (χ0v) is 13.1. The van der Waals surface area contributed by atoms with Crippen LogP contribution in [0.1, 0.15) is 12.1 Å². The largest absolute Gasteiger partial charge is 0.497 e. The Morgan fingerprint density at radius 1 is 1.29 bits per heavy atom. The number of aromatic nitrogens is 2. The van der Waals surface area contributed by atoms with E-state index in [0.717, 1.165) is 30.9 Å². The van der Waals surface area contributed by atoms with Crippen molar-refractivity contribution in [3.63, 3.8) is 0 Å². The quantitative estimate of drug-likeness (QED) is 0.634. The highest BCUT2D eigenvalue weighted by Gasteiger charge is 1.99. The summed E-state index contributed by atoms with van der Waals surface area (Å²) < 4.78 is 7.10. The van der Waals surface area contributed by atoms with Gasteiger partial charge in [0.2, 0.25) is 0 Å². The van der Waals surface area contributed by atoms with Crippen LogP contribution in [0.25, 0.3) is 0 Å². The summed E-state index contributed by atoms with van der Waals surface area (Å²) in [5, 5.41) is 11.2. The zero-order chi connectivity index (χ0) is 15.1. The lowest BCUT2D eigenvalue weighted by Crippen LogP contribution is -2.29. The lowest BCUT2D eigenvalue weighted by molar-refractivity contribution is 0.415. The SMILES string of the molecule is COc1ccc(NC(=S)NCCCn2nccc2C)cc1. The molecule has 0 aliphatic rings. The fraction of sp³-hybridized carbons (Fsp3) is 0.333. The Morgan fingerprint density at radius 3 is 2.67 bits per heavy atom. The average molecular weight is 304 g/mol. The number of ether oxygens (including phenoxy) is 1. The summed E-state index contributed by atoms with van der Waals surface area (Å²) in [4.78, 5) is 0. The van der Waals surface area contributed by atoms with Gasteiger partial charge in [-0.05, 0) is 55.9 Å². The van der Waals surface area contributed by atoms with Crippen LogP contribution in [0.4, 0.5) is 5.69 Å². The van der Waals surface area contributed by atoms with E-state index in [1.54, 1.807) is 7.11 Å². The lowest BCUT2D eigenvalue weighted by atomic mass is 10.3. The Labute approximate surface area is 130 Å². The molecule has 0 spiro atoms. The van der Waals surface area contributed by atoms with Crippen molar-refractivity contribution in [1.82, 2.24) is 15.1 Å². The zero-order valence-electron chi connectivity index (χ0n) is 12.3. The van der Waals surface area contributed by atoms with Crippen LogP contribution in [0.15, 0.2) is 36.5 Å². The number of hydrogen-bond acceptors (Lipinski definition) is 3. The van der Waals surface area contributed by atoms with Gasteiger partial charge in [-0.2, -0.15) is 5.10 Å². The third-order valence-electron chi connectivity index (χ3n) is 3.11. The summed E-state index contributed by atoms with van der Waals surface area (Å²) in [7, 11) is 1.65. The maximum Gasteiger partial charge on any atom is 0.170 e. The lowest BCUT2D eigenvalue weighted by Gasteiger charge is -2.11. The summed E-state index contributed by atoms with van der Waals surface area (Å²) in [6, 6.07) is 9.65. The number of thiocarbonyl (C=S) groups is 1. The second kappa shape index (κ2) is 7.64. The number of aryl methyl sites for hydroxylation is 2. The van der Waals surface area contributed by atoms with Crippen LogP contribution in [-0.4, -0.2) is 28.5 Å². The number of benzene rings is 1. The summed E-state index contributed by atoms with van der Waals surface area (Å²) in [5.41, 5.74) is 2.12. The average Bonchev–Trinajstić information content (AvgIpc) is 2.90. The molecule has 2 N–H and O–H groups in total. The Hall–Kier alpha value is -2.08. The van der Waals surface area contributed by atoms with Crippen molar-refractivity contribution < 1.29 is 4.74 Å². The molecule has 0 aliphatic heterocycles. The van der Waals surface area contributed by atoms with Gasteiger partial charge in [0.25, 0.3) is 0 Å². The Bertz CT molecular complexity index is 580. The molecular formula is C15H20N4OS. The van der Waals surface area contributed by atoms with Crippen LogP contribution in [-0.2, 0) is 6.54 Å². The third kappa shape index (κ3) is 4.75. The van der Waals surface area contributed by atoms with Crippen molar-refractivity contribution in [1.29, 1.82) is 0 Å². The van der Waals surface area contributed by atoms with E-state index in [1.165, 1.54) is 5.69 Å². The summed E-state index contributed by atoms with van der Waals surface area (Å²) in [6.07, 6.45) is 2.78. The molecule has 112 valence electrons. The van der Waals surface area contributed by atoms with Crippen molar-refractivity contribution in [3.05, 3.63) is 42.2 Å². The van der Waals surface area contributed by atoms with Crippen molar-refractivity contribution in [2.45, 2.75) is 19.9 Å². The fourth-order valence-electron chi connectivity index (χ4n) is 1.91. The first kappa shape index (κ1) is 15.3. The first-order chi connectivity index (χ1) is 10.2. The standard InChI is InChI=1S/C15H20N4OS/c1-12-8-10-17-19(12)11-3-9-16-15(21)18-13-4-6-14(20-2)7-5-13/h4-8,10H,3,9,11H2,1-2H3,(H2,16,18,21). The van der Waals surface area contributed by atoms with Gasteiger partial charge >= 0.3 is 0 Å². The predicted octanol–water partition coefficient (Wildman–Crippen LogP) is 2.58. The Kier molecular flexibility index (Phi) is 5.57. The van der Waals surface area contributed by atoms with Crippen LogP contribution in [0.2, 0.25) is 0 Å². The van der Waals surface area contributed by atoms with Crippen LogP contribution >= 0.6 is 12.2 Å². The van der Waals surface area contributed by atoms with Crippen LogP contribution in [0.3, 0.4) is 0 Å². The number of rotatable bonds is 6. The van der Waals surface area contributed by atoms with Crippen LogP contribution in [0.5, 0.6) is 5.75 Å². The second-order valence-corrected chi connectivity index (χ2v) is 5.07. The van der Waals surface area contributed by atoms with Crippen molar-refractivity contribution >= 4 is 23.0 Å². The molecule has 21 heavy (non-hydrogen) atoms. The van der Waals surface area contributed by atoms with Gasteiger partial charge in [-0.15, -0.1) is 0 Å². The summed E-state index contributed by atoms with van der Waals surface area (Å²) in [6.45, 7) is 3.74. The normalized spacial score (nSPS) is 10.2. The van der Waals surface area contributed by atoms with Gasteiger partial charge in [0.05, 0.1) is 7.11 Å². The number of nitrogens with one attached hydrogen (secondary N) is 2. The minimum absolute atomic E-state index is 0.623. The van der Waals surface area contributed by atoms with Gasteiger partial charge in [0, 0.05) is 30.7 Å². The number of nitrogens with zero attached hydrogens (tertiary/aromatic N) is 2. The number of methoxy groups -OCH3 is 1. The number of hydrogen-bond donors (Lipinski definition) is 2. The molecule has 0 atom stereocenters. The van der Waals surface area contributed by atoms with Gasteiger partial charge in [0.15, 0.2) is 5.11 Å². The minimum atomic E-state index is 0.623. The van der Waals surface area contributed by atoms with Crippen molar-refractivity contribution in [2.24, 2.45) is 0 Å². The molecule has 2 aromatic rings. The second-order valence-electron chi connectivity index (χ2n) is 4.66. The van der Waals surface area contributed by atoms with E-state index in [0.29, 0.717) is 5.11 Å². The van der Waals surface area contributed by atoms with E-state index in [2.05, 4.69) is 22.7 Å². The van der Waals surface area contributed by atoms with Gasteiger partial charge in [0.1, 0.15) is 5.75 Å². The molecule has 1 aromatic heterocycles. The van der Waals surface area contributed by atoms with Crippen LogP contribution < -0.4 is 15.4 Å². The van der Waals surface area contributed by atoms with E-state index < -0.39 is 0 Å². The van der Waals surface area contributed by atoms with Crippen molar-refractivity contribution in [3.8, 4) is 5.75 Å². The molecule has 2 rings (SSSR count). The molecule has 1 heterocycles. The highest BCUT2D eigenvalue weighted by molar-refractivity contribution is 7.80. The maximum absolute atomic E-state index is 5.26. The van der Waals surface area contributed by atoms with E-state index in [4.69, 9.17) is 17.0 Å². The highest BCUT2D eigenvalue weighted by Crippen LogP contribution is 2.14. The van der Waals surface area contributed by atoms with Gasteiger partial charge in [-0.1, -0.05) is 0 Å². The molecule has 0 unspecified atom stereocenters. The Balaban J connectivity index is 1.68. The molecule has 0 fully saturated rings. The molecule has 0 aliphatic carbocycles. The van der Waals surface area contributed by atoms with Crippen molar-refractivity contribution in [2.75, 3.05) is 19.0 Å². The molecule has 0 bridgehead atoms. The smallest absolute Gasteiger partial charge is 0.170 e. The summed E-state index contributed by atoms with van der Waals surface area (Å²) >= 11 is 5.26. The minimum Gasteiger partial charge on any atom is -0.497 e. The maximum atomic E-state index is 5.26. The predicted molar refractivity (Wildman–Crippen MR) is 88.8 cm³/mol. The van der Waals surface area contributed by atoms with Gasteiger partial charge in [-0.25, -0.2) is 0 Å². The number of anilines is 1. The molecule has 5 nitrogen and oxygen atoms in total. The van der Waals surface area contributed by atoms with E-state index >= 15 is 0 Å². The fourth-order valence-corrected chi connectivity index (χ4v) is 2.13. The molecule has 0 amide bonds. The molecule has 1 aromatic carbocycles. The van der Waals surface area contributed by atoms with Crippen LogP contribution in [0, 0.1) is 6.92 Å². The van der Waals surface area contributed by atoms with E-state index in [9.17, 15) is 0 Å². The van der Waals surface area contributed by atoms with E-state index in [1.807, 2.05) is 41.2 Å². The molecule has 0 saturated carbocycles. The van der Waals surface area contributed by atoms with E-state index in [-0.39, 0.29) is 0 Å². The highest BCUT2D eigenvalue weighted by atomic mass is 32.1. The molecule has 0 saturated heterocycles. The molecular weight excluding hydrogens is 284 g/mol.